The third kappa shape index (κ3) is 1.44. The molecule has 0 aliphatic heterocycles. The Bertz CT molecular complexity index is 452. The van der Waals surface area contributed by atoms with E-state index in [2.05, 4.69) is 15.3 Å². The van der Waals surface area contributed by atoms with Gasteiger partial charge in [0.2, 0.25) is 0 Å². The fraction of sp³-hybridized carbons (Fsp3) is 0.111. The van der Waals surface area contributed by atoms with E-state index in [0.29, 0.717) is 6.54 Å². The van der Waals surface area contributed by atoms with Crippen LogP contribution >= 0.6 is 0 Å². The monoisotopic (exact) mass is 172 g/mol. The number of aromatic nitrogens is 2. The average molecular weight is 172 g/mol. The van der Waals surface area contributed by atoms with Gasteiger partial charge in [-0.1, -0.05) is 0 Å². The number of nitrogens with zero attached hydrogens (tertiary/aromatic N) is 2. The lowest BCUT2D eigenvalue weighted by atomic mass is 10.3. The largest absolute Gasteiger partial charge is 0.372 e. The van der Waals surface area contributed by atoms with Crippen molar-refractivity contribution in [1.82, 2.24) is 9.97 Å². The zero-order valence-electron chi connectivity index (χ0n) is 6.91. The molecule has 0 aliphatic carbocycles. The van der Waals surface area contributed by atoms with E-state index in [1.165, 1.54) is 0 Å². The Kier molecular flexibility index (Phi) is 1.85. The molecule has 0 fully saturated rings. The summed E-state index contributed by atoms with van der Waals surface area (Å²) in [5.41, 5.74) is 2.84. The third-order valence-corrected chi connectivity index (χ3v) is 1.79. The molecule has 2 N–H and O–H groups in total. The summed E-state index contributed by atoms with van der Waals surface area (Å²) in [6.07, 6.45) is 1.65. The maximum Gasteiger partial charge on any atom is 0.103 e. The molecule has 0 unspecified atom stereocenters. The maximum atomic E-state index is 8.37. The number of aromatic amines is 1. The Morgan fingerprint density at radius 1 is 1.54 bits per heavy atom. The van der Waals surface area contributed by atoms with E-state index in [4.69, 9.17) is 5.26 Å². The van der Waals surface area contributed by atoms with Gasteiger partial charge >= 0.3 is 0 Å². The molecule has 0 amide bonds. The standard InChI is InChI=1S/C9H8N4/c10-3-4-11-7-1-2-8-9(5-7)13-6-12-8/h1-2,5-6,11H,4H2,(H,12,13). The van der Waals surface area contributed by atoms with Crippen LogP contribution in [0, 0.1) is 11.3 Å². The van der Waals surface area contributed by atoms with E-state index in [1.807, 2.05) is 24.3 Å². The highest BCUT2D eigenvalue weighted by Gasteiger charge is 1.96. The van der Waals surface area contributed by atoms with E-state index in [1.54, 1.807) is 6.33 Å². The van der Waals surface area contributed by atoms with Gasteiger partial charge in [-0.25, -0.2) is 4.98 Å². The Morgan fingerprint density at radius 2 is 2.46 bits per heavy atom. The van der Waals surface area contributed by atoms with Gasteiger partial charge in [-0.15, -0.1) is 0 Å². The van der Waals surface area contributed by atoms with Gasteiger partial charge in [0.05, 0.1) is 23.4 Å². The molecule has 0 spiro atoms. The number of hydrogen-bond donors (Lipinski definition) is 2. The molecular formula is C9H8N4. The number of rotatable bonds is 2. The molecular weight excluding hydrogens is 164 g/mol. The highest BCUT2D eigenvalue weighted by atomic mass is 14.9. The van der Waals surface area contributed by atoms with Crippen molar-refractivity contribution >= 4 is 16.7 Å². The lowest BCUT2D eigenvalue weighted by Gasteiger charge is -1.99. The van der Waals surface area contributed by atoms with Crippen molar-refractivity contribution in [1.29, 1.82) is 5.26 Å². The van der Waals surface area contributed by atoms with Crippen LogP contribution in [0.1, 0.15) is 0 Å². The first-order valence-corrected chi connectivity index (χ1v) is 3.94. The Hall–Kier alpha value is -2.02. The van der Waals surface area contributed by atoms with Gasteiger partial charge < -0.3 is 10.3 Å². The summed E-state index contributed by atoms with van der Waals surface area (Å²) in [6, 6.07) is 7.76. The summed E-state index contributed by atoms with van der Waals surface area (Å²) in [7, 11) is 0. The normalized spacial score (nSPS) is 9.77. The van der Waals surface area contributed by atoms with E-state index < -0.39 is 0 Å². The van der Waals surface area contributed by atoms with Crippen LogP contribution in [-0.4, -0.2) is 16.5 Å². The first-order valence-electron chi connectivity index (χ1n) is 3.94. The smallest absolute Gasteiger partial charge is 0.103 e. The highest BCUT2D eigenvalue weighted by molar-refractivity contribution is 5.78. The highest BCUT2D eigenvalue weighted by Crippen LogP contribution is 2.14. The van der Waals surface area contributed by atoms with Crippen molar-refractivity contribution in [3.8, 4) is 6.07 Å². The van der Waals surface area contributed by atoms with E-state index in [9.17, 15) is 0 Å². The second kappa shape index (κ2) is 3.15. The van der Waals surface area contributed by atoms with Crippen molar-refractivity contribution in [2.24, 2.45) is 0 Å². The molecule has 0 atom stereocenters. The maximum absolute atomic E-state index is 8.37. The second-order valence-corrected chi connectivity index (χ2v) is 2.65. The average Bonchev–Trinajstić information content (AvgIpc) is 2.61. The molecule has 0 saturated carbocycles. The molecule has 4 heteroatoms. The zero-order chi connectivity index (χ0) is 9.10. The predicted molar refractivity (Wildman–Crippen MR) is 50.2 cm³/mol. The number of imidazole rings is 1. The lowest BCUT2D eigenvalue weighted by molar-refractivity contribution is 1.32. The molecule has 1 aromatic heterocycles. The lowest BCUT2D eigenvalue weighted by Crippen LogP contribution is -1.97. The fourth-order valence-electron chi connectivity index (χ4n) is 1.19. The quantitative estimate of drug-likeness (QED) is 0.674. The first kappa shape index (κ1) is 7.62. The van der Waals surface area contributed by atoms with Crippen molar-refractivity contribution < 1.29 is 0 Å². The van der Waals surface area contributed by atoms with Gasteiger partial charge in [0.15, 0.2) is 0 Å². The van der Waals surface area contributed by atoms with Crippen LogP contribution in [0.15, 0.2) is 24.5 Å². The van der Waals surface area contributed by atoms with E-state index >= 15 is 0 Å². The minimum atomic E-state index is 0.319. The van der Waals surface area contributed by atoms with Gasteiger partial charge in [-0.05, 0) is 18.2 Å². The van der Waals surface area contributed by atoms with Crippen LogP contribution in [0.25, 0.3) is 11.0 Å². The Morgan fingerprint density at radius 3 is 3.31 bits per heavy atom. The molecule has 0 saturated heterocycles. The molecule has 0 radical (unpaired) electrons. The Labute approximate surface area is 75.2 Å². The van der Waals surface area contributed by atoms with E-state index in [0.717, 1.165) is 16.7 Å². The van der Waals surface area contributed by atoms with Gasteiger partial charge in [0.25, 0.3) is 0 Å². The van der Waals surface area contributed by atoms with Crippen molar-refractivity contribution in [3.05, 3.63) is 24.5 Å². The fourth-order valence-corrected chi connectivity index (χ4v) is 1.19. The zero-order valence-corrected chi connectivity index (χ0v) is 6.91. The number of hydrogen-bond acceptors (Lipinski definition) is 3. The number of nitriles is 1. The number of nitrogens with one attached hydrogen (secondary N) is 2. The number of benzene rings is 1. The minimum absolute atomic E-state index is 0.319. The van der Waals surface area contributed by atoms with Crippen molar-refractivity contribution in [2.45, 2.75) is 0 Å². The summed E-state index contributed by atoms with van der Waals surface area (Å²) in [5, 5.41) is 11.3. The van der Waals surface area contributed by atoms with Crippen LogP contribution in [-0.2, 0) is 0 Å². The molecule has 0 aliphatic rings. The first-order chi connectivity index (χ1) is 6.40. The van der Waals surface area contributed by atoms with Gasteiger partial charge in [-0.2, -0.15) is 5.26 Å². The summed E-state index contributed by atoms with van der Waals surface area (Å²) < 4.78 is 0. The molecule has 2 rings (SSSR count). The summed E-state index contributed by atoms with van der Waals surface area (Å²) in [6.45, 7) is 0.319. The summed E-state index contributed by atoms with van der Waals surface area (Å²) >= 11 is 0. The van der Waals surface area contributed by atoms with Crippen LogP contribution in [0.5, 0.6) is 0 Å². The van der Waals surface area contributed by atoms with E-state index in [-0.39, 0.29) is 0 Å². The van der Waals surface area contributed by atoms with Gasteiger partial charge in [-0.3, -0.25) is 0 Å². The Balaban J connectivity index is 2.33. The molecule has 4 nitrogen and oxygen atoms in total. The van der Waals surface area contributed by atoms with Crippen LogP contribution in [0.2, 0.25) is 0 Å². The minimum Gasteiger partial charge on any atom is -0.372 e. The number of H-pyrrole nitrogens is 1. The number of anilines is 1. The summed E-state index contributed by atoms with van der Waals surface area (Å²) in [5.74, 6) is 0. The molecule has 13 heavy (non-hydrogen) atoms. The van der Waals surface area contributed by atoms with Gasteiger partial charge in [0, 0.05) is 5.69 Å². The van der Waals surface area contributed by atoms with Gasteiger partial charge in [0.1, 0.15) is 6.54 Å². The third-order valence-electron chi connectivity index (χ3n) is 1.79. The molecule has 1 aromatic carbocycles. The topological polar surface area (TPSA) is 64.5 Å². The molecule has 1 heterocycles. The van der Waals surface area contributed by atoms with Crippen molar-refractivity contribution in [2.75, 3.05) is 11.9 Å². The van der Waals surface area contributed by atoms with Crippen molar-refractivity contribution in [3.63, 3.8) is 0 Å². The number of fused-ring (bicyclic) bond motifs is 1. The summed E-state index contributed by atoms with van der Waals surface area (Å²) in [4.78, 5) is 7.09. The second-order valence-electron chi connectivity index (χ2n) is 2.65. The molecule has 64 valence electrons. The van der Waals surface area contributed by atoms with Crippen LogP contribution < -0.4 is 5.32 Å². The SMILES string of the molecule is N#CCNc1ccc2nc[nH]c2c1. The van der Waals surface area contributed by atoms with Crippen LogP contribution in [0.3, 0.4) is 0 Å². The molecule has 0 bridgehead atoms. The van der Waals surface area contributed by atoms with Crippen LogP contribution in [0.4, 0.5) is 5.69 Å². The molecule has 2 aromatic rings. The predicted octanol–water partition coefficient (Wildman–Crippen LogP) is 1.50.